The summed E-state index contributed by atoms with van der Waals surface area (Å²) in [4.78, 5) is 27.6. The first-order chi connectivity index (χ1) is 9.20. The Bertz CT molecular complexity index is 510. The molecule has 6 heteroatoms. The molecule has 0 bridgehead atoms. The van der Waals surface area contributed by atoms with Gasteiger partial charge < -0.3 is 10.6 Å². The van der Waals surface area contributed by atoms with Crippen molar-refractivity contribution < 1.29 is 9.59 Å². The molecule has 0 fully saturated rings. The van der Waals surface area contributed by atoms with Crippen LogP contribution in [0.1, 0.15) is 32.9 Å². The zero-order valence-electron chi connectivity index (χ0n) is 12.2. The predicted octanol–water partition coefficient (Wildman–Crippen LogP) is 2.64. The molecule has 2 amide bonds. The van der Waals surface area contributed by atoms with Crippen LogP contribution in [0.2, 0.25) is 0 Å². The Morgan fingerprint density at radius 1 is 1.30 bits per heavy atom. The zero-order chi connectivity index (χ0) is 15.3. The van der Waals surface area contributed by atoms with E-state index in [0.29, 0.717) is 12.4 Å². The van der Waals surface area contributed by atoms with Gasteiger partial charge in [0.1, 0.15) is 5.82 Å². The average Bonchev–Trinajstić information content (AvgIpc) is 2.32. The summed E-state index contributed by atoms with van der Waals surface area (Å²) >= 11 is 3.35. The Morgan fingerprint density at radius 2 is 1.95 bits per heavy atom. The van der Waals surface area contributed by atoms with Gasteiger partial charge in [-0.25, -0.2) is 4.98 Å². The number of aromatic nitrogens is 1. The molecule has 0 aliphatic heterocycles. The van der Waals surface area contributed by atoms with E-state index >= 15 is 0 Å². The number of pyridine rings is 1. The number of anilines is 1. The maximum absolute atomic E-state index is 11.7. The summed E-state index contributed by atoms with van der Waals surface area (Å²) in [5.41, 5.74) is 0.366. The number of hydrogen-bond donors (Lipinski definition) is 2. The van der Waals surface area contributed by atoms with Crippen molar-refractivity contribution in [3.05, 3.63) is 22.3 Å². The number of carbonyl (C=O) groups excluding carboxylic acids is 2. The molecule has 0 spiro atoms. The Balaban J connectivity index is 2.41. The van der Waals surface area contributed by atoms with Gasteiger partial charge in [-0.15, -0.1) is 0 Å². The molecule has 5 nitrogen and oxygen atoms in total. The predicted molar refractivity (Wildman–Crippen MR) is 82.4 cm³/mol. The lowest BCUT2D eigenvalue weighted by Crippen LogP contribution is -2.36. The van der Waals surface area contributed by atoms with E-state index in [9.17, 15) is 9.59 Å². The molecule has 20 heavy (non-hydrogen) atoms. The van der Waals surface area contributed by atoms with E-state index < -0.39 is 5.41 Å². The number of halogens is 1. The maximum atomic E-state index is 11.7. The smallest absolute Gasteiger partial charge is 0.227 e. The summed E-state index contributed by atoms with van der Waals surface area (Å²) in [5.74, 6) is 0.272. The molecule has 1 heterocycles. The van der Waals surface area contributed by atoms with Crippen molar-refractivity contribution in [3.8, 4) is 0 Å². The molecule has 0 radical (unpaired) electrons. The van der Waals surface area contributed by atoms with Gasteiger partial charge in [-0.05, 0) is 35.0 Å². The van der Waals surface area contributed by atoms with E-state index in [4.69, 9.17) is 0 Å². The number of nitrogens with zero attached hydrogens (tertiary/aromatic N) is 1. The van der Waals surface area contributed by atoms with Gasteiger partial charge in [-0.3, -0.25) is 9.59 Å². The van der Waals surface area contributed by atoms with Gasteiger partial charge >= 0.3 is 0 Å². The van der Waals surface area contributed by atoms with Crippen molar-refractivity contribution in [2.75, 3.05) is 11.9 Å². The van der Waals surface area contributed by atoms with Crippen molar-refractivity contribution >= 4 is 33.6 Å². The van der Waals surface area contributed by atoms with Crippen LogP contribution in [0.4, 0.5) is 5.82 Å². The monoisotopic (exact) mass is 341 g/mol. The van der Waals surface area contributed by atoms with Crippen LogP contribution in [0, 0.1) is 12.3 Å². The van der Waals surface area contributed by atoms with E-state index in [1.54, 1.807) is 6.07 Å². The van der Waals surface area contributed by atoms with Crippen LogP contribution in [-0.2, 0) is 9.59 Å². The fourth-order valence-corrected chi connectivity index (χ4v) is 1.59. The van der Waals surface area contributed by atoms with Gasteiger partial charge in [0.25, 0.3) is 0 Å². The fourth-order valence-electron chi connectivity index (χ4n) is 1.37. The van der Waals surface area contributed by atoms with E-state index in [0.717, 1.165) is 10.2 Å². The van der Waals surface area contributed by atoms with E-state index in [2.05, 4.69) is 31.5 Å². The van der Waals surface area contributed by atoms with Crippen LogP contribution >= 0.6 is 15.9 Å². The highest BCUT2D eigenvalue weighted by molar-refractivity contribution is 9.10. The lowest BCUT2D eigenvalue weighted by Gasteiger charge is -2.17. The summed E-state index contributed by atoms with van der Waals surface area (Å²) in [6.45, 7) is 7.66. The van der Waals surface area contributed by atoms with Gasteiger partial charge in [-0.1, -0.05) is 20.8 Å². The second kappa shape index (κ2) is 6.83. The first-order valence-electron chi connectivity index (χ1n) is 6.41. The molecule has 1 aromatic heterocycles. The Kier molecular flexibility index (Phi) is 5.68. The third-order valence-corrected chi connectivity index (χ3v) is 3.45. The van der Waals surface area contributed by atoms with Crippen LogP contribution in [-0.4, -0.2) is 23.3 Å². The molecule has 0 aliphatic rings. The van der Waals surface area contributed by atoms with Gasteiger partial charge in [0.2, 0.25) is 11.8 Å². The van der Waals surface area contributed by atoms with Crippen molar-refractivity contribution in [1.82, 2.24) is 10.3 Å². The quantitative estimate of drug-likeness (QED) is 0.884. The van der Waals surface area contributed by atoms with Gasteiger partial charge in [0.05, 0.1) is 5.69 Å². The molecule has 1 rings (SSSR count). The molecule has 0 saturated carbocycles. The molecule has 2 N–H and O–H groups in total. The van der Waals surface area contributed by atoms with Gasteiger partial charge in [0.15, 0.2) is 0 Å². The Hall–Kier alpha value is -1.43. The molecule has 0 atom stereocenters. The number of hydrogen-bond acceptors (Lipinski definition) is 3. The first kappa shape index (κ1) is 16.6. The van der Waals surface area contributed by atoms with Crippen LogP contribution in [0.3, 0.4) is 0 Å². The normalized spacial score (nSPS) is 11.1. The van der Waals surface area contributed by atoms with Crippen LogP contribution < -0.4 is 10.6 Å². The molecular formula is C14H20BrN3O2. The van der Waals surface area contributed by atoms with E-state index in [-0.39, 0.29) is 18.2 Å². The van der Waals surface area contributed by atoms with Gasteiger partial charge in [0, 0.05) is 22.9 Å². The zero-order valence-corrected chi connectivity index (χ0v) is 13.8. The van der Waals surface area contributed by atoms with Crippen molar-refractivity contribution in [2.24, 2.45) is 5.41 Å². The van der Waals surface area contributed by atoms with E-state index in [1.165, 1.54) is 0 Å². The minimum absolute atomic E-state index is 0.0667. The standard InChI is InChI=1S/C14H20BrN3O2/c1-9-10(15)5-6-11(17-9)18-12(19)7-8-16-13(20)14(2,3)4/h5-6H,7-8H2,1-4H3,(H,16,20)(H,17,18,19). The minimum Gasteiger partial charge on any atom is -0.355 e. The minimum atomic E-state index is -0.444. The molecule has 0 aromatic carbocycles. The number of nitrogens with one attached hydrogen (secondary N) is 2. The summed E-state index contributed by atoms with van der Waals surface area (Å²) in [7, 11) is 0. The third kappa shape index (κ3) is 5.28. The Labute approximate surface area is 127 Å². The molecule has 0 aliphatic carbocycles. The maximum Gasteiger partial charge on any atom is 0.227 e. The summed E-state index contributed by atoms with van der Waals surface area (Å²) in [6, 6.07) is 3.56. The number of rotatable bonds is 4. The van der Waals surface area contributed by atoms with Crippen LogP contribution in [0.15, 0.2) is 16.6 Å². The highest BCUT2D eigenvalue weighted by atomic mass is 79.9. The third-order valence-electron chi connectivity index (χ3n) is 2.61. The average molecular weight is 342 g/mol. The number of carbonyl (C=O) groups is 2. The number of amides is 2. The largest absolute Gasteiger partial charge is 0.355 e. The summed E-state index contributed by atoms with van der Waals surface area (Å²) in [5, 5.41) is 5.43. The second-order valence-corrected chi connectivity index (χ2v) is 6.42. The number of aryl methyl sites for hydroxylation is 1. The lowest BCUT2D eigenvalue weighted by atomic mass is 9.96. The Morgan fingerprint density at radius 3 is 2.50 bits per heavy atom. The summed E-state index contributed by atoms with van der Waals surface area (Å²) < 4.78 is 0.896. The van der Waals surface area contributed by atoms with Crippen LogP contribution in [0.25, 0.3) is 0 Å². The van der Waals surface area contributed by atoms with Crippen LogP contribution in [0.5, 0.6) is 0 Å². The highest BCUT2D eigenvalue weighted by Crippen LogP contribution is 2.16. The molecule has 0 unspecified atom stereocenters. The molecule has 1 aromatic rings. The SMILES string of the molecule is Cc1nc(NC(=O)CCNC(=O)C(C)(C)C)ccc1Br. The molecule has 110 valence electrons. The lowest BCUT2D eigenvalue weighted by molar-refractivity contribution is -0.128. The topological polar surface area (TPSA) is 71.1 Å². The second-order valence-electron chi connectivity index (χ2n) is 5.57. The van der Waals surface area contributed by atoms with Gasteiger partial charge in [-0.2, -0.15) is 0 Å². The molecular weight excluding hydrogens is 322 g/mol. The molecule has 0 saturated heterocycles. The van der Waals surface area contributed by atoms with Crippen molar-refractivity contribution in [3.63, 3.8) is 0 Å². The highest BCUT2D eigenvalue weighted by Gasteiger charge is 2.20. The fraction of sp³-hybridized carbons (Fsp3) is 0.500. The van der Waals surface area contributed by atoms with E-state index in [1.807, 2.05) is 33.8 Å². The first-order valence-corrected chi connectivity index (χ1v) is 7.21. The van der Waals surface area contributed by atoms with Crippen molar-refractivity contribution in [1.29, 1.82) is 0 Å². The summed E-state index contributed by atoms with van der Waals surface area (Å²) in [6.07, 6.45) is 0.221. The van der Waals surface area contributed by atoms with Crippen molar-refractivity contribution in [2.45, 2.75) is 34.1 Å².